The fourth-order valence-corrected chi connectivity index (χ4v) is 7.57. The molecule has 2 N–H and O–H groups in total. The summed E-state index contributed by atoms with van der Waals surface area (Å²) in [7, 11) is 0. The standard InChI is InChI=1S/C32H44O2/c1-21-16-31(33)29(23-10-5-3-6-11-23)19-27(21)25-14-9-15-26(18-25)28-20-30(32(34)17-22(28)2)24-12-7-4-8-13-24/h16-17,19-20,23-26,33-34H,3-15,18H2,1-2H3. The summed E-state index contributed by atoms with van der Waals surface area (Å²) in [6.45, 7) is 4.38. The van der Waals surface area contributed by atoms with Gasteiger partial charge in [-0.3, -0.25) is 0 Å². The van der Waals surface area contributed by atoms with Gasteiger partial charge in [-0.15, -0.1) is 0 Å². The molecule has 0 amide bonds. The van der Waals surface area contributed by atoms with E-state index in [0.29, 0.717) is 35.2 Å². The lowest BCUT2D eigenvalue weighted by molar-refractivity contribution is 0.385. The molecule has 3 aliphatic carbocycles. The molecule has 3 fully saturated rings. The number of hydrogen-bond donors (Lipinski definition) is 2. The monoisotopic (exact) mass is 460 g/mol. The van der Waals surface area contributed by atoms with Crippen molar-refractivity contribution in [3.8, 4) is 11.5 Å². The normalized spacial score (nSPS) is 24.9. The maximum Gasteiger partial charge on any atom is 0.119 e. The van der Waals surface area contributed by atoms with Crippen LogP contribution in [0.4, 0.5) is 0 Å². The summed E-state index contributed by atoms with van der Waals surface area (Å²) in [6, 6.07) is 8.89. The van der Waals surface area contributed by atoms with Crippen molar-refractivity contribution >= 4 is 0 Å². The molecule has 2 unspecified atom stereocenters. The van der Waals surface area contributed by atoms with Crippen LogP contribution >= 0.6 is 0 Å². The molecule has 2 heteroatoms. The van der Waals surface area contributed by atoms with Gasteiger partial charge in [0.15, 0.2) is 0 Å². The number of phenols is 2. The van der Waals surface area contributed by atoms with Gasteiger partial charge in [0.1, 0.15) is 11.5 Å². The third-order valence-corrected chi connectivity index (χ3v) is 9.47. The van der Waals surface area contributed by atoms with E-state index >= 15 is 0 Å². The van der Waals surface area contributed by atoms with Crippen LogP contribution in [0.1, 0.15) is 147 Å². The van der Waals surface area contributed by atoms with Crippen LogP contribution in [0.25, 0.3) is 0 Å². The second kappa shape index (κ2) is 10.3. The van der Waals surface area contributed by atoms with Gasteiger partial charge < -0.3 is 10.2 Å². The minimum absolute atomic E-state index is 0.520. The molecule has 0 aliphatic heterocycles. The lowest BCUT2D eigenvalue weighted by atomic mass is 9.72. The van der Waals surface area contributed by atoms with Crippen molar-refractivity contribution in [1.82, 2.24) is 0 Å². The van der Waals surface area contributed by atoms with Crippen LogP contribution in [0, 0.1) is 13.8 Å². The second-order valence-electron chi connectivity index (χ2n) is 11.8. The Kier molecular flexibility index (Phi) is 7.23. The van der Waals surface area contributed by atoms with Gasteiger partial charge in [0.2, 0.25) is 0 Å². The van der Waals surface area contributed by atoms with Gasteiger partial charge in [-0.2, -0.15) is 0 Å². The molecular formula is C32H44O2. The Hall–Kier alpha value is -1.96. The number of phenolic OH excluding ortho intramolecular Hbond substituents is 2. The fraction of sp³-hybridized carbons (Fsp3) is 0.625. The average molecular weight is 461 g/mol. The Bertz CT molecular complexity index is 915. The molecule has 2 aromatic carbocycles. The molecule has 3 saturated carbocycles. The molecule has 184 valence electrons. The molecule has 2 nitrogen and oxygen atoms in total. The van der Waals surface area contributed by atoms with E-state index in [1.165, 1.54) is 123 Å². The van der Waals surface area contributed by atoms with Gasteiger partial charge in [0.05, 0.1) is 0 Å². The van der Waals surface area contributed by atoms with Crippen LogP contribution in [0.3, 0.4) is 0 Å². The fourth-order valence-electron chi connectivity index (χ4n) is 7.57. The van der Waals surface area contributed by atoms with Crippen LogP contribution in [0.2, 0.25) is 0 Å². The first kappa shape index (κ1) is 23.8. The van der Waals surface area contributed by atoms with E-state index in [1.807, 2.05) is 0 Å². The molecule has 0 radical (unpaired) electrons. The van der Waals surface area contributed by atoms with E-state index in [1.54, 1.807) is 0 Å². The Morgan fingerprint density at radius 2 is 0.853 bits per heavy atom. The lowest BCUT2D eigenvalue weighted by Gasteiger charge is -2.33. The highest BCUT2D eigenvalue weighted by Gasteiger charge is 2.29. The first-order valence-corrected chi connectivity index (χ1v) is 14.2. The van der Waals surface area contributed by atoms with E-state index in [4.69, 9.17) is 0 Å². The molecule has 0 heterocycles. The largest absolute Gasteiger partial charge is 0.508 e. The van der Waals surface area contributed by atoms with E-state index in [0.717, 1.165) is 0 Å². The van der Waals surface area contributed by atoms with Gasteiger partial charge in [-0.05, 0) is 128 Å². The summed E-state index contributed by atoms with van der Waals surface area (Å²) in [5.74, 6) is 3.23. The van der Waals surface area contributed by atoms with Crippen molar-refractivity contribution in [2.24, 2.45) is 0 Å². The number of benzene rings is 2. The van der Waals surface area contributed by atoms with Crippen molar-refractivity contribution in [2.75, 3.05) is 0 Å². The highest BCUT2D eigenvalue weighted by atomic mass is 16.3. The topological polar surface area (TPSA) is 40.5 Å². The summed E-state index contributed by atoms with van der Waals surface area (Å²) in [6.07, 6.45) is 17.7. The first-order valence-electron chi connectivity index (χ1n) is 14.2. The SMILES string of the molecule is Cc1cc(O)c(C2CCCCC2)cc1C1CCCC(c2cc(C3CCCCC3)c(O)cc2C)C1. The molecule has 0 bridgehead atoms. The Balaban J connectivity index is 1.41. The van der Waals surface area contributed by atoms with Gasteiger partial charge in [-0.25, -0.2) is 0 Å². The molecule has 0 saturated heterocycles. The molecule has 0 aromatic heterocycles. The summed E-state index contributed by atoms with van der Waals surface area (Å²) < 4.78 is 0. The summed E-state index contributed by atoms with van der Waals surface area (Å²) in [5.41, 5.74) is 7.89. The predicted octanol–water partition coefficient (Wildman–Crippen LogP) is 9.25. The average Bonchev–Trinajstić information content (AvgIpc) is 2.85. The smallest absolute Gasteiger partial charge is 0.119 e. The van der Waals surface area contributed by atoms with Crippen LogP contribution in [-0.2, 0) is 0 Å². The molecular weight excluding hydrogens is 416 g/mol. The minimum atomic E-state index is 0.520. The van der Waals surface area contributed by atoms with E-state index in [9.17, 15) is 10.2 Å². The van der Waals surface area contributed by atoms with Gasteiger partial charge in [-0.1, -0.05) is 57.1 Å². The summed E-state index contributed by atoms with van der Waals surface area (Å²) >= 11 is 0. The van der Waals surface area contributed by atoms with Crippen molar-refractivity contribution in [3.05, 3.63) is 57.6 Å². The van der Waals surface area contributed by atoms with Crippen LogP contribution in [0.5, 0.6) is 11.5 Å². The maximum absolute atomic E-state index is 10.8. The number of aryl methyl sites for hydroxylation is 2. The second-order valence-corrected chi connectivity index (χ2v) is 11.8. The molecule has 0 spiro atoms. The summed E-state index contributed by atoms with van der Waals surface area (Å²) in [4.78, 5) is 0. The van der Waals surface area contributed by atoms with Crippen molar-refractivity contribution < 1.29 is 10.2 Å². The third-order valence-electron chi connectivity index (χ3n) is 9.47. The van der Waals surface area contributed by atoms with Gasteiger partial charge in [0.25, 0.3) is 0 Å². The molecule has 2 aromatic rings. The molecule has 3 aliphatic rings. The Labute approximate surface area is 206 Å². The molecule has 34 heavy (non-hydrogen) atoms. The van der Waals surface area contributed by atoms with Crippen LogP contribution in [-0.4, -0.2) is 10.2 Å². The van der Waals surface area contributed by atoms with Crippen molar-refractivity contribution in [2.45, 2.75) is 127 Å². The lowest BCUT2D eigenvalue weighted by Crippen LogP contribution is -2.16. The quantitative estimate of drug-likeness (QED) is 0.477. The third kappa shape index (κ3) is 4.88. The highest BCUT2D eigenvalue weighted by molar-refractivity contribution is 5.47. The van der Waals surface area contributed by atoms with Crippen LogP contribution < -0.4 is 0 Å². The first-order chi connectivity index (χ1) is 16.5. The van der Waals surface area contributed by atoms with Crippen LogP contribution in [0.15, 0.2) is 24.3 Å². The zero-order chi connectivity index (χ0) is 23.7. The Morgan fingerprint density at radius 3 is 1.26 bits per heavy atom. The maximum atomic E-state index is 10.8. The number of hydrogen-bond acceptors (Lipinski definition) is 2. The van der Waals surface area contributed by atoms with E-state index < -0.39 is 0 Å². The number of aromatic hydroxyl groups is 2. The zero-order valence-electron chi connectivity index (χ0n) is 21.4. The van der Waals surface area contributed by atoms with E-state index in [2.05, 4.69) is 38.1 Å². The predicted molar refractivity (Wildman–Crippen MR) is 141 cm³/mol. The van der Waals surface area contributed by atoms with Gasteiger partial charge >= 0.3 is 0 Å². The Morgan fingerprint density at radius 1 is 0.471 bits per heavy atom. The summed E-state index contributed by atoms with van der Waals surface area (Å²) in [5, 5.41) is 21.6. The van der Waals surface area contributed by atoms with Crippen molar-refractivity contribution in [1.29, 1.82) is 0 Å². The highest BCUT2D eigenvalue weighted by Crippen LogP contribution is 2.47. The van der Waals surface area contributed by atoms with Gasteiger partial charge in [0, 0.05) is 0 Å². The minimum Gasteiger partial charge on any atom is -0.508 e. The zero-order valence-corrected chi connectivity index (χ0v) is 21.4. The molecule has 2 atom stereocenters. The van der Waals surface area contributed by atoms with Crippen molar-refractivity contribution in [3.63, 3.8) is 0 Å². The van der Waals surface area contributed by atoms with E-state index in [-0.39, 0.29) is 0 Å². The number of rotatable bonds is 4. The molecule has 5 rings (SSSR count).